The average Bonchev–Trinajstić information content (AvgIpc) is 3.28. The van der Waals surface area contributed by atoms with Gasteiger partial charge in [-0.25, -0.2) is 0 Å². The molecule has 0 unspecified atom stereocenters. The Balaban J connectivity index is 1.34. The fourth-order valence-corrected chi connectivity index (χ4v) is 4.58. The highest BCUT2D eigenvalue weighted by Crippen LogP contribution is 2.27. The first kappa shape index (κ1) is 20.1. The molecular formula is C24H33N3O2+2. The fourth-order valence-electron chi connectivity index (χ4n) is 4.58. The quantitative estimate of drug-likeness (QED) is 0.672. The lowest BCUT2D eigenvalue weighted by Gasteiger charge is -2.33. The van der Waals surface area contributed by atoms with Gasteiger partial charge < -0.3 is 19.9 Å². The molecule has 154 valence electrons. The summed E-state index contributed by atoms with van der Waals surface area (Å²) in [7, 11) is 0. The molecule has 0 radical (unpaired) electrons. The normalized spacial score (nSPS) is 25.5. The van der Waals surface area contributed by atoms with Crippen LogP contribution in [-0.4, -0.2) is 57.4 Å². The molecule has 0 spiro atoms. The summed E-state index contributed by atoms with van der Waals surface area (Å²) >= 11 is 0. The first-order chi connectivity index (χ1) is 14.2. The van der Waals surface area contributed by atoms with E-state index in [1.165, 1.54) is 17.7 Å². The van der Waals surface area contributed by atoms with Crippen molar-refractivity contribution in [1.82, 2.24) is 0 Å². The molecule has 2 atom stereocenters. The van der Waals surface area contributed by atoms with Crippen LogP contribution in [0.1, 0.15) is 19.8 Å². The van der Waals surface area contributed by atoms with E-state index in [0.717, 1.165) is 56.1 Å². The van der Waals surface area contributed by atoms with Crippen LogP contribution in [0.15, 0.2) is 54.6 Å². The number of piperazine rings is 1. The Kier molecular flexibility index (Phi) is 6.60. The van der Waals surface area contributed by atoms with Crippen molar-refractivity contribution in [2.75, 3.05) is 44.6 Å². The molecule has 2 aliphatic heterocycles. The van der Waals surface area contributed by atoms with Crippen molar-refractivity contribution in [1.29, 1.82) is 0 Å². The number of hydrogen-bond donors (Lipinski definition) is 3. The number of quaternary nitrogens is 2. The van der Waals surface area contributed by atoms with Crippen LogP contribution in [0.3, 0.4) is 0 Å². The van der Waals surface area contributed by atoms with Crippen molar-refractivity contribution < 1.29 is 19.3 Å². The van der Waals surface area contributed by atoms with Gasteiger partial charge in [-0.1, -0.05) is 48.5 Å². The summed E-state index contributed by atoms with van der Waals surface area (Å²) in [5.74, 6) is 0.103. The van der Waals surface area contributed by atoms with Gasteiger partial charge in [0.05, 0.1) is 0 Å². The van der Waals surface area contributed by atoms with Crippen LogP contribution in [0.25, 0.3) is 11.1 Å². The molecule has 29 heavy (non-hydrogen) atoms. The van der Waals surface area contributed by atoms with E-state index in [2.05, 4.69) is 30.4 Å². The van der Waals surface area contributed by atoms with Crippen LogP contribution in [0, 0.1) is 0 Å². The summed E-state index contributed by atoms with van der Waals surface area (Å²) in [5, 5.41) is 3.19. The smallest absolute Gasteiger partial charge is 0.282 e. The number of nitrogens with one attached hydrogen (secondary N) is 3. The van der Waals surface area contributed by atoms with E-state index < -0.39 is 0 Å². The number of carbonyl (C=O) groups excluding carboxylic acids is 1. The summed E-state index contributed by atoms with van der Waals surface area (Å²) in [6.45, 7) is 8.42. The van der Waals surface area contributed by atoms with E-state index in [-0.39, 0.29) is 11.9 Å². The van der Waals surface area contributed by atoms with Crippen molar-refractivity contribution in [3.05, 3.63) is 54.6 Å². The Labute approximate surface area is 173 Å². The van der Waals surface area contributed by atoms with Gasteiger partial charge in [-0.15, -0.1) is 0 Å². The van der Waals surface area contributed by atoms with Gasteiger partial charge in [0.15, 0.2) is 6.04 Å². The van der Waals surface area contributed by atoms with Gasteiger partial charge in [-0.3, -0.25) is 4.79 Å². The number of rotatable bonds is 6. The minimum atomic E-state index is -0.0527. The highest BCUT2D eigenvalue weighted by molar-refractivity contribution is 5.97. The van der Waals surface area contributed by atoms with Crippen molar-refractivity contribution in [2.24, 2.45) is 0 Å². The molecular weight excluding hydrogens is 362 g/mol. The molecule has 2 aliphatic rings. The fraction of sp³-hybridized carbons (Fsp3) is 0.458. The van der Waals surface area contributed by atoms with Crippen LogP contribution >= 0.6 is 0 Å². The first-order valence-electron chi connectivity index (χ1n) is 11.0. The molecule has 1 amide bonds. The average molecular weight is 396 g/mol. The second-order valence-electron chi connectivity index (χ2n) is 8.37. The molecule has 0 aromatic heterocycles. The predicted molar refractivity (Wildman–Crippen MR) is 115 cm³/mol. The molecule has 3 N–H and O–H groups in total. The minimum Gasteiger partial charge on any atom is -0.372 e. The first-order valence-corrected chi connectivity index (χ1v) is 11.0. The van der Waals surface area contributed by atoms with Crippen LogP contribution < -0.4 is 15.1 Å². The number of benzene rings is 2. The largest absolute Gasteiger partial charge is 0.372 e. The minimum absolute atomic E-state index is 0.0527. The van der Waals surface area contributed by atoms with E-state index in [4.69, 9.17) is 4.74 Å². The summed E-state index contributed by atoms with van der Waals surface area (Å²) < 4.78 is 5.79. The molecule has 0 saturated carbocycles. The van der Waals surface area contributed by atoms with Gasteiger partial charge >= 0.3 is 0 Å². The molecule has 0 aliphatic carbocycles. The van der Waals surface area contributed by atoms with E-state index in [9.17, 15) is 4.79 Å². The predicted octanol–water partition coefficient (Wildman–Crippen LogP) is 0.643. The summed E-state index contributed by atoms with van der Waals surface area (Å²) in [6, 6.07) is 18.2. The lowest BCUT2D eigenvalue weighted by atomic mass is 10.0. The third kappa shape index (κ3) is 5.04. The molecule has 2 heterocycles. The Morgan fingerprint density at radius 2 is 1.79 bits per heavy atom. The number of carbonyl (C=O) groups is 1. The van der Waals surface area contributed by atoms with Gasteiger partial charge in [-0.2, -0.15) is 0 Å². The summed E-state index contributed by atoms with van der Waals surface area (Å²) in [4.78, 5) is 16.0. The van der Waals surface area contributed by atoms with Gasteiger partial charge in [-0.05, 0) is 31.4 Å². The third-order valence-electron chi connectivity index (χ3n) is 6.42. The topological polar surface area (TPSA) is 47.2 Å². The number of anilines is 1. The van der Waals surface area contributed by atoms with Gasteiger partial charge in [0.25, 0.3) is 5.91 Å². The van der Waals surface area contributed by atoms with Crippen molar-refractivity contribution in [3.8, 4) is 11.1 Å². The summed E-state index contributed by atoms with van der Waals surface area (Å²) in [5.41, 5.74) is 3.07. The molecule has 5 nitrogen and oxygen atoms in total. The Morgan fingerprint density at radius 3 is 2.52 bits per heavy atom. The van der Waals surface area contributed by atoms with E-state index in [1.807, 2.05) is 36.4 Å². The van der Waals surface area contributed by atoms with Gasteiger partial charge in [0.2, 0.25) is 0 Å². The lowest BCUT2D eigenvalue weighted by Crippen LogP contribution is -3.30. The van der Waals surface area contributed by atoms with Crippen LogP contribution in [-0.2, 0) is 9.53 Å². The van der Waals surface area contributed by atoms with Gasteiger partial charge in [0.1, 0.15) is 38.8 Å². The van der Waals surface area contributed by atoms with Crippen molar-refractivity contribution >= 4 is 11.6 Å². The maximum atomic E-state index is 13.0. The number of hydrogen-bond acceptors (Lipinski definition) is 2. The van der Waals surface area contributed by atoms with Crippen molar-refractivity contribution in [3.63, 3.8) is 0 Å². The second kappa shape index (κ2) is 9.53. The van der Waals surface area contributed by atoms with Gasteiger partial charge in [0, 0.05) is 17.9 Å². The third-order valence-corrected chi connectivity index (χ3v) is 6.42. The van der Waals surface area contributed by atoms with Crippen LogP contribution in [0.2, 0.25) is 0 Å². The Morgan fingerprint density at radius 1 is 1.07 bits per heavy atom. The zero-order valence-corrected chi connectivity index (χ0v) is 17.3. The molecule has 4 rings (SSSR count). The summed E-state index contributed by atoms with van der Waals surface area (Å²) in [6.07, 6.45) is 2.86. The van der Waals surface area contributed by atoms with E-state index >= 15 is 0 Å². The Bertz CT molecular complexity index is 797. The highest BCUT2D eigenvalue weighted by Gasteiger charge is 2.32. The lowest BCUT2D eigenvalue weighted by molar-refractivity contribution is -1.02. The van der Waals surface area contributed by atoms with Crippen molar-refractivity contribution in [2.45, 2.75) is 31.9 Å². The maximum absolute atomic E-state index is 13.0. The standard InChI is InChI=1S/C24H31N3O2/c1-19(27-15-13-26(14-16-27)18-21-10-7-17-29-21)24(28)25-23-12-6-5-11-22(23)20-8-3-2-4-9-20/h2-6,8-9,11-12,19,21H,7,10,13-18H2,1H3,(H,25,28)/p+2/t19-,21+/m0/s1. The number of amides is 1. The highest BCUT2D eigenvalue weighted by atomic mass is 16.5. The van der Waals surface area contributed by atoms with E-state index in [1.54, 1.807) is 4.90 Å². The monoisotopic (exact) mass is 395 g/mol. The van der Waals surface area contributed by atoms with E-state index in [0.29, 0.717) is 6.10 Å². The number of para-hydroxylation sites is 1. The molecule has 2 fully saturated rings. The molecule has 5 heteroatoms. The Hall–Kier alpha value is -2.21. The molecule has 0 bridgehead atoms. The SMILES string of the molecule is C[C@@H](C(=O)Nc1ccccc1-c1ccccc1)[NH+]1CC[NH+](C[C@H]2CCCO2)CC1. The zero-order chi connectivity index (χ0) is 20.1. The maximum Gasteiger partial charge on any atom is 0.282 e. The van der Waals surface area contributed by atoms with Crippen LogP contribution in [0.5, 0.6) is 0 Å². The zero-order valence-electron chi connectivity index (χ0n) is 17.3. The molecule has 2 saturated heterocycles. The molecule has 2 aromatic carbocycles. The second-order valence-corrected chi connectivity index (χ2v) is 8.37. The molecule has 2 aromatic rings. The van der Waals surface area contributed by atoms with Crippen LogP contribution in [0.4, 0.5) is 5.69 Å². The number of ether oxygens (including phenoxy) is 1.